The predicted octanol–water partition coefficient (Wildman–Crippen LogP) is 5.09. The number of benzene rings is 1. The second-order valence-corrected chi connectivity index (χ2v) is 7.28. The molecule has 3 heteroatoms. The molecule has 1 atom stereocenters. The van der Waals surface area contributed by atoms with E-state index in [0.717, 1.165) is 23.6 Å². The summed E-state index contributed by atoms with van der Waals surface area (Å²) in [5.74, 6) is 0.921. The molecule has 0 radical (unpaired) electrons. The highest BCUT2D eigenvalue weighted by Gasteiger charge is 2.22. The highest BCUT2D eigenvalue weighted by molar-refractivity contribution is 9.09. The Labute approximate surface area is 118 Å². The molecule has 0 N–H and O–H groups in total. The monoisotopic (exact) mass is 318 g/mol. The van der Waals surface area contributed by atoms with Crippen LogP contribution in [0.5, 0.6) is 5.75 Å². The van der Waals surface area contributed by atoms with Gasteiger partial charge in [0.05, 0.1) is 7.11 Å². The van der Waals surface area contributed by atoms with E-state index < -0.39 is 0 Å². The fraction of sp³-hybridized carbons (Fsp3) is 0.571. The largest absolute Gasteiger partial charge is 0.496 e. The smallest absolute Gasteiger partial charge is 0.122 e. The van der Waals surface area contributed by atoms with Crippen LogP contribution in [0.15, 0.2) is 18.2 Å². The van der Waals surface area contributed by atoms with E-state index in [-0.39, 0.29) is 5.41 Å². The molecule has 96 valence electrons. The second-order valence-electron chi connectivity index (χ2n) is 5.28. The molecule has 0 fully saturated rings. The first-order chi connectivity index (χ1) is 7.84. The lowest BCUT2D eigenvalue weighted by molar-refractivity contribution is 0.326. The summed E-state index contributed by atoms with van der Waals surface area (Å²) < 4.78 is 5.38. The number of alkyl halides is 1. The molecule has 0 aliphatic rings. The Balaban J connectivity index is 2.89. The summed E-state index contributed by atoms with van der Waals surface area (Å²) in [6, 6.07) is 5.80. The first-order valence-corrected chi connectivity index (χ1v) is 7.10. The van der Waals surface area contributed by atoms with Crippen LogP contribution in [0.4, 0.5) is 0 Å². The molecular formula is C14H20BrClO. The quantitative estimate of drug-likeness (QED) is 0.687. The van der Waals surface area contributed by atoms with Crippen molar-refractivity contribution >= 4 is 27.5 Å². The SMILES string of the molecule is COc1ccc(Cl)cc1CC(C)(C)CC(C)Br. The minimum Gasteiger partial charge on any atom is -0.496 e. The van der Waals surface area contributed by atoms with Gasteiger partial charge in [-0.25, -0.2) is 0 Å². The number of hydrogen-bond acceptors (Lipinski definition) is 1. The molecule has 0 heterocycles. The fourth-order valence-corrected chi connectivity index (χ4v) is 3.31. The van der Waals surface area contributed by atoms with Gasteiger partial charge >= 0.3 is 0 Å². The van der Waals surface area contributed by atoms with Crippen LogP contribution in [-0.2, 0) is 6.42 Å². The molecule has 0 saturated heterocycles. The zero-order valence-corrected chi connectivity index (χ0v) is 13.2. The normalized spacial score (nSPS) is 13.5. The van der Waals surface area contributed by atoms with E-state index in [2.05, 4.69) is 36.7 Å². The third-order valence-electron chi connectivity index (χ3n) is 2.75. The van der Waals surface area contributed by atoms with Gasteiger partial charge in [-0.2, -0.15) is 0 Å². The second kappa shape index (κ2) is 6.10. The van der Waals surface area contributed by atoms with Gasteiger partial charge in [-0.05, 0) is 42.0 Å². The molecule has 1 unspecified atom stereocenters. The van der Waals surface area contributed by atoms with Gasteiger partial charge < -0.3 is 4.74 Å². The molecular weight excluding hydrogens is 300 g/mol. The maximum atomic E-state index is 6.04. The molecule has 17 heavy (non-hydrogen) atoms. The van der Waals surface area contributed by atoms with Crippen molar-refractivity contribution in [2.75, 3.05) is 7.11 Å². The van der Waals surface area contributed by atoms with Gasteiger partial charge in [0.1, 0.15) is 5.75 Å². The number of hydrogen-bond donors (Lipinski definition) is 0. The van der Waals surface area contributed by atoms with Gasteiger partial charge in [-0.1, -0.05) is 48.3 Å². The highest BCUT2D eigenvalue weighted by Crippen LogP contribution is 2.34. The van der Waals surface area contributed by atoms with Crippen LogP contribution in [0, 0.1) is 5.41 Å². The lowest BCUT2D eigenvalue weighted by Crippen LogP contribution is -2.19. The average molecular weight is 320 g/mol. The molecule has 0 amide bonds. The van der Waals surface area contributed by atoms with Gasteiger partial charge in [-0.3, -0.25) is 0 Å². The summed E-state index contributed by atoms with van der Waals surface area (Å²) in [5.41, 5.74) is 1.40. The van der Waals surface area contributed by atoms with E-state index in [9.17, 15) is 0 Å². The van der Waals surface area contributed by atoms with Gasteiger partial charge in [0.25, 0.3) is 0 Å². The Morgan fingerprint density at radius 2 is 2.06 bits per heavy atom. The fourth-order valence-electron chi connectivity index (χ4n) is 2.23. The van der Waals surface area contributed by atoms with E-state index >= 15 is 0 Å². The Kier molecular flexibility index (Phi) is 5.33. The lowest BCUT2D eigenvalue weighted by Gasteiger charge is -2.27. The number of methoxy groups -OCH3 is 1. The zero-order valence-electron chi connectivity index (χ0n) is 10.9. The molecule has 0 bridgehead atoms. The molecule has 0 aliphatic heterocycles. The topological polar surface area (TPSA) is 9.23 Å². The van der Waals surface area contributed by atoms with Crippen LogP contribution in [0.3, 0.4) is 0 Å². The molecule has 1 nitrogen and oxygen atoms in total. The zero-order chi connectivity index (χ0) is 13.1. The molecule has 1 rings (SSSR count). The van der Waals surface area contributed by atoms with Crippen molar-refractivity contribution < 1.29 is 4.74 Å². The minimum atomic E-state index is 0.223. The molecule has 0 aliphatic carbocycles. The van der Waals surface area contributed by atoms with Crippen LogP contribution >= 0.6 is 27.5 Å². The van der Waals surface area contributed by atoms with Crippen LogP contribution in [0.2, 0.25) is 5.02 Å². The maximum Gasteiger partial charge on any atom is 0.122 e. The van der Waals surface area contributed by atoms with Gasteiger partial charge in [-0.15, -0.1) is 0 Å². The summed E-state index contributed by atoms with van der Waals surface area (Å²) >= 11 is 9.66. The van der Waals surface area contributed by atoms with Crippen molar-refractivity contribution in [1.82, 2.24) is 0 Å². The molecule has 0 saturated carbocycles. The number of rotatable bonds is 5. The van der Waals surface area contributed by atoms with Crippen molar-refractivity contribution in [3.63, 3.8) is 0 Å². The van der Waals surface area contributed by atoms with E-state index in [0.29, 0.717) is 4.83 Å². The third kappa shape index (κ3) is 4.89. The van der Waals surface area contributed by atoms with E-state index in [1.165, 1.54) is 5.56 Å². The van der Waals surface area contributed by atoms with Gasteiger partial charge in [0, 0.05) is 9.85 Å². The lowest BCUT2D eigenvalue weighted by atomic mass is 9.81. The molecule has 0 spiro atoms. The first kappa shape index (κ1) is 14.8. The third-order valence-corrected chi connectivity index (χ3v) is 3.30. The Bertz CT molecular complexity index is 374. The summed E-state index contributed by atoms with van der Waals surface area (Å²) in [5, 5.41) is 0.767. The first-order valence-electron chi connectivity index (χ1n) is 5.80. The van der Waals surface area contributed by atoms with Gasteiger partial charge in [0.2, 0.25) is 0 Å². The molecule has 1 aromatic carbocycles. The summed E-state index contributed by atoms with van der Waals surface area (Å²) in [4.78, 5) is 0.516. The number of halogens is 2. The summed E-state index contributed by atoms with van der Waals surface area (Å²) in [7, 11) is 1.70. The summed E-state index contributed by atoms with van der Waals surface area (Å²) in [6.45, 7) is 6.72. The molecule has 1 aromatic rings. The molecule has 0 aromatic heterocycles. The van der Waals surface area contributed by atoms with Crippen LogP contribution in [-0.4, -0.2) is 11.9 Å². The van der Waals surface area contributed by atoms with Crippen LogP contribution in [0.25, 0.3) is 0 Å². The van der Waals surface area contributed by atoms with Crippen LogP contribution < -0.4 is 4.74 Å². The van der Waals surface area contributed by atoms with Crippen molar-refractivity contribution in [3.8, 4) is 5.75 Å². The highest BCUT2D eigenvalue weighted by atomic mass is 79.9. The van der Waals surface area contributed by atoms with Crippen molar-refractivity contribution in [2.45, 2.75) is 38.4 Å². The standard InChI is InChI=1S/C14H20BrClO/c1-10(15)8-14(2,3)9-11-7-12(16)5-6-13(11)17-4/h5-7,10H,8-9H2,1-4H3. The summed E-state index contributed by atoms with van der Waals surface area (Å²) in [6.07, 6.45) is 2.08. The van der Waals surface area contributed by atoms with Crippen molar-refractivity contribution in [1.29, 1.82) is 0 Å². The maximum absolute atomic E-state index is 6.04. The Morgan fingerprint density at radius 1 is 1.41 bits per heavy atom. The van der Waals surface area contributed by atoms with Gasteiger partial charge in [0.15, 0.2) is 0 Å². The van der Waals surface area contributed by atoms with E-state index in [1.54, 1.807) is 7.11 Å². The number of ether oxygens (including phenoxy) is 1. The van der Waals surface area contributed by atoms with E-state index in [4.69, 9.17) is 16.3 Å². The van der Waals surface area contributed by atoms with E-state index in [1.807, 2.05) is 18.2 Å². The Morgan fingerprint density at radius 3 is 2.59 bits per heavy atom. The van der Waals surface area contributed by atoms with Crippen LogP contribution in [0.1, 0.15) is 32.8 Å². The average Bonchev–Trinajstić information content (AvgIpc) is 2.14. The minimum absolute atomic E-state index is 0.223. The van der Waals surface area contributed by atoms with Crippen molar-refractivity contribution in [3.05, 3.63) is 28.8 Å². The Hall–Kier alpha value is -0.210. The van der Waals surface area contributed by atoms with Crippen molar-refractivity contribution in [2.24, 2.45) is 5.41 Å². The predicted molar refractivity (Wildman–Crippen MR) is 78.5 cm³/mol.